The number of amides is 1. The number of carbonyl (C=O) groups is 1. The Balaban J connectivity index is 2.19. The second-order valence-corrected chi connectivity index (χ2v) is 3.80. The second kappa shape index (κ2) is 4.45. The van der Waals surface area contributed by atoms with Crippen LogP contribution >= 0.6 is 0 Å². The molecular formula is C12H10N6O. The third-order valence-corrected chi connectivity index (χ3v) is 2.62. The summed E-state index contributed by atoms with van der Waals surface area (Å²) in [6, 6.07) is 5.24. The van der Waals surface area contributed by atoms with Gasteiger partial charge in [0, 0.05) is 31.2 Å². The molecule has 1 amide bonds. The van der Waals surface area contributed by atoms with E-state index in [1.165, 1.54) is 10.7 Å². The van der Waals surface area contributed by atoms with E-state index in [1.807, 2.05) is 6.07 Å². The highest BCUT2D eigenvalue weighted by molar-refractivity contribution is 5.92. The molecule has 3 heterocycles. The lowest BCUT2D eigenvalue weighted by Crippen LogP contribution is -2.21. The fourth-order valence-electron chi connectivity index (χ4n) is 1.71. The lowest BCUT2D eigenvalue weighted by molar-refractivity contribution is 0.0955. The number of rotatable bonds is 2. The molecule has 7 nitrogen and oxygen atoms in total. The number of nitrogens with zero attached hydrogens (tertiary/aromatic N) is 5. The van der Waals surface area contributed by atoms with Crippen molar-refractivity contribution in [1.82, 2.24) is 29.9 Å². The van der Waals surface area contributed by atoms with Gasteiger partial charge < -0.3 is 5.32 Å². The van der Waals surface area contributed by atoms with E-state index in [2.05, 4.69) is 25.4 Å². The first kappa shape index (κ1) is 11.3. The van der Waals surface area contributed by atoms with Crippen molar-refractivity contribution < 1.29 is 4.79 Å². The Kier molecular flexibility index (Phi) is 2.64. The average molecular weight is 254 g/mol. The van der Waals surface area contributed by atoms with Crippen molar-refractivity contribution in [2.45, 2.75) is 0 Å². The van der Waals surface area contributed by atoms with E-state index in [0.717, 1.165) is 5.56 Å². The highest BCUT2D eigenvalue weighted by atomic mass is 16.1. The molecule has 3 aromatic heterocycles. The average Bonchev–Trinajstić information content (AvgIpc) is 2.91. The van der Waals surface area contributed by atoms with Crippen LogP contribution in [-0.4, -0.2) is 37.5 Å². The first-order valence-corrected chi connectivity index (χ1v) is 5.64. The van der Waals surface area contributed by atoms with Crippen molar-refractivity contribution >= 4 is 11.7 Å². The molecule has 19 heavy (non-hydrogen) atoms. The molecule has 0 unspecified atom stereocenters. The SMILES string of the molecule is CNC(=O)c1ccnc2nc(-c3cccnc3)nn12. The summed E-state index contributed by atoms with van der Waals surface area (Å²) < 4.78 is 1.42. The van der Waals surface area contributed by atoms with E-state index in [-0.39, 0.29) is 5.91 Å². The molecule has 3 rings (SSSR count). The largest absolute Gasteiger partial charge is 0.354 e. The van der Waals surface area contributed by atoms with Crippen LogP contribution in [0.4, 0.5) is 0 Å². The van der Waals surface area contributed by atoms with Crippen LogP contribution in [0.25, 0.3) is 17.2 Å². The van der Waals surface area contributed by atoms with Gasteiger partial charge in [-0.25, -0.2) is 4.98 Å². The maximum Gasteiger partial charge on any atom is 0.269 e. The van der Waals surface area contributed by atoms with Gasteiger partial charge in [0.2, 0.25) is 0 Å². The zero-order chi connectivity index (χ0) is 13.2. The number of aromatic nitrogens is 5. The minimum absolute atomic E-state index is 0.241. The minimum atomic E-state index is -0.241. The quantitative estimate of drug-likeness (QED) is 0.721. The molecule has 0 aromatic carbocycles. The summed E-state index contributed by atoms with van der Waals surface area (Å²) in [6.45, 7) is 0. The van der Waals surface area contributed by atoms with Crippen molar-refractivity contribution in [3.05, 3.63) is 42.5 Å². The van der Waals surface area contributed by atoms with Gasteiger partial charge in [0.1, 0.15) is 5.69 Å². The van der Waals surface area contributed by atoms with Crippen molar-refractivity contribution in [1.29, 1.82) is 0 Å². The van der Waals surface area contributed by atoms with Crippen molar-refractivity contribution in [3.63, 3.8) is 0 Å². The summed E-state index contributed by atoms with van der Waals surface area (Å²) in [6.07, 6.45) is 4.86. The third-order valence-electron chi connectivity index (χ3n) is 2.62. The van der Waals surface area contributed by atoms with Crippen LogP contribution in [0.15, 0.2) is 36.8 Å². The maximum atomic E-state index is 11.7. The molecule has 0 radical (unpaired) electrons. The predicted molar refractivity (Wildman–Crippen MR) is 67.4 cm³/mol. The molecule has 0 aliphatic rings. The first-order valence-electron chi connectivity index (χ1n) is 5.64. The van der Waals surface area contributed by atoms with Crippen LogP contribution in [0.2, 0.25) is 0 Å². The normalized spacial score (nSPS) is 10.6. The Hall–Kier alpha value is -2.83. The first-order chi connectivity index (χ1) is 9.29. The molecule has 7 heteroatoms. The molecule has 0 atom stereocenters. The zero-order valence-corrected chi connectivity index (χ0v) is 10.1. The number of carbonyl (C=O) groups excluding carboxylic acids is 1. The van der Waals surface area contributed by atoms with E-state index in [4.69, 9.17) is 0 Å². The monoisotopic (exact) mass is 254 g/mol. The van der Waals surface area contributed by atoms with E-state index in [1.54, 1.807) is 31.6 Å². The molecule has 94 valence electrons. The standard InChI is InChI=1S/C12H10N6O/c1-13-11(19)9-4-6-15-12-16-10(17-18(9)12)8-3-2-5-14-7-8/h2-7H,1H3,(H,13,19). The topological polar surface area (TPSA) is 85.1 Å². The molecule has 0 bridgehead atoms. The third kappa shape index (κ3) is 1.90. The van der Waals surface area contributed by atoms with Crippen LogP contribution < -0.4 is 5.32 Å². The Bertz CT molecular complexity index is 736. The van der Waals surface area contributed by atoms with Gasteiger partial charge in [-0.3, -0.25) is 9.78 Å². The molecule has 0 fully saturated rings. The maximum absolute atomic E-state index is 11.7. The summed E-state index contributed by atoms with van der Waals surface area (Å²) in [5.74, 6) is 0.618. The van der Waals surface area contributed by atoms with E-state index in [0.29, 0.717) is 17.3 Å². The molecule has 0 aliphatic heterocycles. The van der Waals surface area contributed by atoms with Crippen molar-refractivity contribution in [2.24, 2.45) is 0 Å². The fraction of sp³-hybridized carbons (Fsp3) is 0.0833. The summed E-state index contributed by atoms with van der Waals surface area (Å²) in [5, 5.41) is 6.85. The Morgan fingerprint density at radius 2 is 2.21 bits per heavy atom. The van der Waals surface area contributed by atoms with Crippen LogP contribution in [-0.2, 0) is 0 Å². The fourth-order valence-corrected chi connectivity index (χ4v) is 1.71. The molecule has 0 spiro atoms. The summed E-state index contributed by atoms with van der Waals surface area (Å²) in [5.41, 5.74) is 1.16. The van der Waals surface area contributed by atoms with Crippen LogP contribution in [0.5, 0.6) is 0 Å². The van der Waals surface area contributed by atoms with Crippen LogP contribution in [0.1, 0.15) is 10.5 Å². The zero-order valence-electron chi connectivity index (χ0n) is 10.1. The van der Waals surface area contributed by atoms with Crippen LogP contribution in [0, 0.1) is 0 Å². The van der Waals surface area contributed by atoms with Crippen LogP contribution in [0.3, 0.4) is 0 Å². The number of pyridine rings is 1. The molecule has 0 aliphatic carbocycles. The van der Waals surface area contributed by atoms with Crippen molar-refractivity contribution in [2.75, 3.05) is 7.05 Å². The molecular weight excluding hydrogens is 244 g/mol. The number of hydrogen-bond acceptors (Lipinski definition) is 5. The van der Waals surface area contributed by atoms with Gasteiger partial charge in [-0.15, -0.1) is 5.10 Å². The minimum Gasteiger partial charge on any atom is -0.354 e. The Labute approximate surface area is 108 Å². The Morgan fingerprint density at radius 3 is 2.95 bits per heavy atom. The highest BCUT2D eigenvalue weighted by Crippen LogP contribution is 2.14. The van der Waals surface area contributed by atoms with Gasteiger partial charge in [-0.2, -0.15) is 9.50 Å². The summed E-state index contributed by atoms with van der Waals surface area (Å²) in [7, 11) is 1.56. The predicted octanol–water partition coefficient (Wildman–Crippen LogP) is 0.546. The summed E-state index contributed by atoms with van der Waals surface area (Å²) in [4.78, 5) is 24.1. The molecule has 1 N–H and O–H groups in total. The molecule has 3 aromatic rings. The van der Waals surface area contributed by atoms with E-state index >= 15 is 0 Å². The van der Waals surface area contributed by atoms with Gasteiger partial charge in [0.05, 0.1) is 0 Å². The lowest BCUT2D eigenvalue weighted by Gasteiger charge is -2.00. The molecule has 0 saturated carbocycles. The number of fused-ring (bicyclic) bond motifs is 1. The molecule has 0 saturated heterocycles. The van der Waals surface area contributed by atoms with Gasteiger partial charge in [-0.1, -0.05) is 0 Å². The highest BCUT2D eigenvalue weighted by Gasteiger charge is 2.13. The Morgan fingerprint density at radius 1 is 1.32 bits per heavy atom. The van der Waals surface area contributed by atoms with Crippen molar-refractivity contribution in [3.8, 4) is 11.4 Å². The lowest BCUT2D eigenvalue weighted by atomic mass is 10.3. The van der Waals surface area contributed by atoms with Gasteiger partial charge in [0.15, 0.2) is 5.82 Å². The van der Waals surface area contributed by atoms with E-state index < -0.39 is 0 Å². The van der Waals surface area contributed by atoms with Gasteiger partial charge >= 0.3 is 0 Å². The second-order valence-electron chi connectivity index (χ2n) is 3.80. The van der Waals surface area contributed by atoms with E-state index in [9.17, 15) is 4.79 Å². The smallest absolute Gasteiger partial charge is 0.269 e. The van der Waals surface area contributed by atoms with Gasteiger partial charge in [-0.05, 0) is 18.2 Å². The number of hydrogen-bond donors (Lipinski definition) is 1. The van der Waals surface area contributed by atoms with Gasteiger partial charge in [0.25, 0.3) is 11.7 Å². The number of nitrogens with one attached hydrogen (secondary N) is 1. The summed E-state index contributed by atoms with van der Waals surface area (Å²) >= 11 is 0.